The van der Waals surface area contributed by atoms with E-state index in [0.717, 1.165) is 30.3 Å². The molecule has 3 nitrogen and oxygen atoms in total. The van der Waals surface area contributed by atoms with Gasteiger partial charge in [0.1, 0.15) is 0 Å². The van der Waals surface area contributed by atoms with Crippen LogP contribution in [-0.4, -0.2) is 28.7 Å². The van der Waals surface area contributed by atoms with Gasteiger partial charge in [-0.3, -0.25) is 4.79 Å². The van der Waals surface area contributed by atoms with Crippen molar-refractivity contribution in [1.82, 2.24) is 0 Å². The van der Waals surface area contributed by atoms with Gasteiger partial charge in [-0.1, -0.05) is 0 Å². The highest BCUT2D eigenvalue weighted by Crippen LogP contribution is 2.62. The zero-order chi connectivity index (χ0) is 13.5. The van der Waals surface area contributed by atoms with E-state index in [-0.39, 0.29) is 5.78 Å². The Morgan fingerprint density at radius 3 is 2.95 bits per heavy atom. The van der Waals surface area contributed by atoms with Crippen molar-refractivity contribution in [2.45, 2.75) is 62.8 Å². The zero-order valence-corrected chi connectivity index (χ0v) is 11.8. The Morgan fingerprint density at radius 2 is 2.05 bits per heavy atom. The highest BCUT2D eigenvalue weighted by atomic mass is 16.6. The molecule has 1 heterocycles. The molecule has 4 aliphatic carbocycles. The van der Waals surface area contributed by atoms with E-state index in [1.807, 2.05) is 0 Å². The lowest BCUT2D eigenvalue weighted by molar-refractivity contribution is -0.123. The third-order valence-corrected chi connectivity index (χ3v) is 6.98. The number of rotatable bonds is 0. The Balaban J connectivity index is 1.49. The monoisotopic (exact) mass is 274 g/mol. The molecule has 0 radical (unpaired) electrons. The van der Waals surface area contributed by atoms with E-state index in [1.54, 1.807) is 6.08 Å². The summed E-state index contributed by atoms with van der Waals surface area (Å²) >= 11 is 0. The lowest BCUT2D eigenvalue weighted by atomic mass is 9.54. The number of aliphatic hydroxyl groups is 1. The molecule has 0 amide bonds. The number of hydrogen-bond donors (Lipinski definition) is 1. The number of epoxide rings is 1. The van der Waals surface area contributed by atoms with Crippen molar-refractivity contribution in [2.75, 3.05) is 0 Å². The fourth-order valence-electron chi connectivity index (χ4n) is 6.07. The number of ether oxygens (including phenoxy) is 1. The summed E-state index contributed by atoms with van der Waals surface area (Å²) in [6.07, 6.45) is 9.74. The summed E-state index contributed by atoms with van der Waals surface area (Å²) in [4.78, 5) is 11.6. The van der Waals surface area contributed by atoms with E-state index < -0.39 is 5.60 Å². The van der Waals surface area contributed by atoms with Crippen LogP contribution < -0.4 is 0 Å². The lowest BCUT2D eigenvalue weighted by Crippen LogP contribution is -2.53. The summed E-state index contributed by atoms with van der Waals surface area (Å²) < 4.78 is 5.73. The van der Waals surface area contributed by atoms with Crippen molar-refractivity contribution in [3.8, 4) is 0 Å². The van der Waals surface area contributed by atoms with Crippen LogP contribution in [-0.2, 0) is 9.53 Å². The molecule has 1 N–H and O–H groups in total. The number of carbonyl (C=O) groups excluding carboxylic acids is 1. The first-order chi connectivity index (χ1) is 9.67. The van der Waals surface area contributed by atoms with Crippen LogP contribution in [0.3, 0.4) is 0 Å². The molecule has 0 aromatic rings. The van der Waals surface area contributed by atoms with E-state index in [0.29, 0.717) is 36.9 Å². The summed E-state index contributed by atoms with van der Waals surface area (Å²) in [6, 6.07) is 0. The Kier molecular flexibility index (Phi) is 2.24. The summed E-state index contributed by atoms with van der Waals surface area (Å²) in [6.45, 7) is 0. The van der Waals surface area contributed by atoms with Gasteiger partial charge in [0.25, 0.3) is 0 Å². The van der Waals surface area contributed by atoms with Crippen molar-refractivity contribution >= 4 is 5.78 Å². The fraction of sp³-hybridized carbons (Fsp3) is 0.824. The Labute approximate surface area is 119 Å². The van der Waals surface area contributed by atoms with Gasteiger partial charge in [0.15, 0.2) is 5.78 Å². The second-order valence-corrected chi connectivity index (χ2v) is 7.65. The van der Waals surface area contributed by atoms with E-state index in [9.17, 15) is 9.90 Å². The van der Waals surface area contributed by atoms with Gasteiger partial charge < -0.3 is 9.84 Å². The predicted octanol–water partition coefficient (Wildman–Crippen LogP) is 2.23. The highest BCUT2D eigenvalue weighted by molar-refractivity contribution is 5.92. The molecular weight excluding hydrogens is 252 g/mol. The van der Waals surface area contributed by atoms with Crippen LogP contribution in [0.5, 0.6) is 0 Å². The van der Waals surface area contributed by atoms with E-state index in [4.69, 9.17) is 4.74 Å². The number of carbonyl (C=O) groups is 1. The largest absolute Gasteiger partial charge is 0.385 e. The molecule has 3 heteroatoms. The minimum Gasteiger partial charge on any atom is -0.385 e. The smallest absolute Gasteiger partial charge is 0.155 e. The van der Waals surface area contributed by atoms with Crippen molar-refractivity contribution in [3.63, 3.8) is 0 Å². The molecule has 0 aromatic heterocycles. The molecule has 3 saturated carbocycles. The van der Waals surface area contributed by atoms with Gasteiger partial charge in [0, 0.05) is 6.42 Å². The molecule has 7 unspecified atom stereocenters. The summed E-state index contributed by atoms with van der Waals surface area (Å²) in [5.41, 5.74) is 0.392. The minimum atomic E-state index is -0.657. The van der Waals surface area contributed by atoms with Crippen LogP contribution in [0.4, 0.5) is 0 Å². The van der Waals surface area contributed by atoms with E-state index >= 15 is 0 Å². The lowest BCUT2D eigenvalue weighted by Gasteiger charge is -2.53. The maximum atomic E-state index is 11.6. The first-order valence-electron chi connectivity index (χ1n) is 8.28. The topological polar surface area (TPSA) is 49.8 Å². The first-order valence-corrected chi connectivity index (χ1v) is 8.28. The third-order valence-electron chi connectivity index (χ3n) is 6.98. The third kappa shape index (κ3) is 1.41. The zero-order valence-electron chi connectivity index (χ0n) is 11.8. The van der Waals surface area contributed by atoms with Crippen LogP contribution in [0.2, 0.25) is 0 Å². The van der Waals surface area contributed by atoms with Gasteiger partial charge in [-0.05, 0) is 73.8 Å². The average Bonchev–Trinajstić information content (AvgIpc) is 3.11. The van der Waals surface area contributed by atoms with Gasteiger partial charge >= 0.3 is 0 Å². The molecule has 108 valence electrons. The van der Waals surface area contributed by atoms with Gasteiger partial charge in [-0.2, -0.15) is 0 Å². The molecule has 0 bridgehead atoms. The SMILES string of the molecule is O=C1C=C2CCC3C4CC5OC5C4CCC3C2(O)CC1. The Morgan fingerprint density at radius 1 is 1.15 bits per heavy atom. The molecule has 0 aromatic carbocycles. The maximum Gasteiger partial charge on any atom is 0.155 e. The molecule has 1 aliphatic heterocycles. The summed E-state index contributed by atoms with van der Waals surface area (Å²) in [5, 5.41) is 11.2. The fourth-order valence-corrected chi connectivity index (χ4v) is 6.07. The predicted molar refractivity (Wildman–Crippen MR) is 73.0 cm³/mol. The van der Waals surface area contributed by atoms with Gasteiger partial charge in [-0.15, -0.1) is 0 Å². The van der Waals surface area contributed by atoms with E-state index in [1.165, 1.54) is 19.3 Å². The molecule has 5 aliphatic rings. The Bertz CT molecular complexity index is 510. The second kappa shape index (κ2) is 3.75. The summed E-state index contributed by atoms with van der Waals surface area (Å²) in [7, 11) is 0. The molecule has 5 rings (SSSR count). The molecule has 20 heavy (non-hydrogen) atoms. The van der Waals surface area contributed by atoms with Crippen molar-refractivity contribution in [1.29, 1.82) is 0 Å². The van der Waals surface area contributed by atoms with Gasteiger partial charge in [-0.25, -0.2) is 0 Å². The molecule has 0 spiro atoms. The molecule has 7 atom stereocenters. The number of fused-ring (bicyclic) bond motifs is 7. The van der Waals surface area contributed by atoms with Crippen LogP contribution in [0.1, 0.15) is 44.9 Å². The normalized spacial score (nSPS) is 56.2. The highest BCUT2D eigenvalue weighted by Gasteiger charge is 2.62. The van der Waals surface area contributed by atoms with Crippen LogP contribution in [0.15, 0.2) is 11.6 Å². The standard InChI is InChI=1S/C17H22O3/c18-10-5-6-17(19)9(7-10)1-2-11-13-8-15-16(20-15)12(13)3-4-14(11)17/h7,11-16,19H,1-6,8H2. The second-order valence-electron chi connectivity index (χ2n) is 7.65. The average molecular weight is 274 g/mol. The summed E-state index contributed by atoms with van der Waals surface area (Å²) in [5.74, 6) is 2.82. The molecular formula is C17H22O3. The van der Waals surface area contributed by atoms with Gasteiger partial charge in [0.05, 0.1) is 17.8 Å². The molecule has 4 fully saturated rings. The van der Waals surface area contributed by atoms with Crippen LogP contribution >= 0.6 is 0 Å². The molecule has 1 saturated heterocycles. The Hall–Kier alpha value is -0.670. The van der Waals surface area contributed by atoms with Crippen LogP contribution in [0, 0.1) is 23.7 Å². The van der Waals surface area contributed by atoms with Crippen molar-refractivity contribution < 1.29 is 14.6 Å². The maximum absolute atomic E-state index is 11.6. The van der Waals surface area contributed by atoms with Crippen molar-refractivity contribution in [2.24, 2.45) is 23.7 Å². The number of hydrogen-bond acceptors (Lipinski definition) is 3. The van der Waals surface area contributed by atoms with Gasteiger partial charge in [0.2, 0.25) is 0 Å². The van der Waals surface area contributed by atoms with Crippen LogP contribution in [0.25, 0.3) is 0 Å². The quantitative estimate of drug-likeness (QED) is 0.689. The number of ketones is 1. The minimum absolute atomic E-state index is 0.215. The van der Waals surface area contributed by atoms with Crippen molar-refractivity contribution in [3.05, 3.63) is 11.6 Å². The van der Waals surface area contributed by atoms with E-state index in [2.05, 4.69) is 0 Å². The first kappa shape index (κ1) is 11.9.